The summed E-state index contributed by atoms with van der Waals surface area (Å²) in [5.41, 5.74) is 5.67. The predicted octanol–water partition coefficient (Wildman–Crippen LogP) is 4.07. The molecule has 0 saturated carbocycles. The third-order valence-corrected chi connectivity index (χ3v) is 5.08. The number of nitrogens with zero attached hydrogens (tertiary/aromatic N) is 2. The van der Waals surface area contributed by atoms with Gasteiger partial charge in [-0.1, -0.05) is 24.3 Å². The molecule has 1 fully saturated rings. The molecule has 4 rings (SSSR count). The maximum Gasteiger partial charge on any atom is 0.257 e. The van der Waals surface area contributed by atoms with Gasteiger partial charge in [0, 0.05) is 30.4 Å². The number of anilines is 2. The quantitative estimate of drug-likeness (QED) is 0.764. The molecule has 0 atom stereocenters. The molecule has 1 saturated heterocycles. The Kier molecular flexibility index (Phi) is 4.77. The largest absolute Gasteiger partial charge is 0.378 e. The molecule has 0 spiro atoms. The second kappa shape index (κ2) is 7.37. The number of aryl methyl sites for hydroxylation is 2. The zero-order chi connectivity index (χ0) is 18.8. The minimum Gasteiger partial charge on any atom is -0.378 e. The molecule has 0 unspecified atom stereocenters. The molecule has 1 aliphatic heterocycles. The molecule has 2 heterocycles. The van der Waals surface area contributed by atoms with Crippen molar-refractivity contribution in [1.82, 2.24) is 9.88 Å². The fourth-order valence-corrected chi connectivity index (χ4v) is 3.34. The molecule has 0 radical (unpaired) electrons. The van der Waals surface area contributed by atoms with E-state index in [1.54, 1.807) is 6.20 Å². The van der Waals surface area contributed by atoms with Crippen LogP contribution in [0.4, 0.5) is 11.4 Å². The van der Waals surface area contributed by atoms with Crippen molar-refractivity contribution in [2.24, 2.45) is 0 Å². The summed E-state index contributed by atoms with van der Waals surface area (Å²) in [6, 6.07) is 14.1. The van der Waals surface area contributed by atoms with Crippen LogP contribution in [0.15, 0.2) is 48.7 Å². The van der Waals surface area contributed by atoms with Gasteiger partial charge in [-0.15, -0.1) is 0 Å². The summed E-state index contributed by atoms with van der Waals surface area (Å²) in [5, 5.41) is 4.42. The molecule has 5 heteroatoms. The maximum atomic E-state index is 13.2. The van der Waals surface area contributed by atoms with Crippen LogP contribution in [-0.2, 0) is 4.74 Å². The highest BCUT2D eigenvalue weighted by Crippen LogP contribution is 2.30. The summed E-state index contributed by atoms with van der Waals surface area (Å²) in [4.78, 5) is 19.5. The molecule has 1 aromatic heterocycles. The summed E-state index contributed by atoms with van der Waals surface area (Å²) in [6.07, 6.45) is 1.68. The van der Waals surface area contributed by atoms with Gasteiger partial charge in [0.15, 0.2) is 0 Å². The second-order valence-electron chi connectivity index (χ2n) is 6.89. The Labute approximate surface area is 159 Å². The highest BCUT2D eigenvalue weighted by atomic mass is 16.5. The van der Waals surface area contributed by atoms with Gasteiger partial charge >= 0.3 is 0 Å². The lowest BCUT2D eigenvalue weighted by Crippen LogP contribution is -2.41. The Morgan fingerprint density at radius 2 is 1.85 bits per heavy atom. The number of morpholine rings is 1. The van der Waals surface area contributed by atoms with Crippen molar-refractivity contribution in [3.05, 3.63) is 65.4 Å². The van der Waals surface area contributed by atoms with E-state index < -0.39 is 0 Å². The van der Waals surface area contributed by atoms with Crippen molar-refractivity contribution in [2.45, 2.75) is 13.8 Å². The molecule has 138 valence electrons. The zero-order valence-corrected chi connectivity index (χ0v) is 15.7. The Morgan fingerprint density at radius 1 is 1.07 bits per heavy atom. The normalized spacial score (nSPS) is 14.4. The van der Waals surface area contributed by atoms with Crippen LogP contribution in [0.1, 0.15) is 21.5 Å². The number of hydrogen-bond donors (Lipinski definition) is 1. The number of carbonyl (C=O) groups excluding carboxylic acids is 1. The number of nitrogens with one attached hydrogen (secondary N) is 1. The third-order valence-electron chi connectivity index (χ3n) is 5.08. The number of ether oxygens (including phenoxy) is 1. The lowest BCUT2D eigenvalue weighted by molar-refractivity contribution is 0.0303. The van der Waals surface area contributed by atoms with E-state index in [1.807, 2.05) is 35.2 Å². The SMILES string of the molecule is Cc1ccc(Nc2c(C(=O)N3CCOCC3)cnc3ccccc23)cc1C. The number of amides is 1. The van der Waals surface area contributed by atoms with Crippen molar-refractivity contribution < 1.29 is 9.53 Å². The fraction of sp³-hybridized carbons (Fsp3) is 0.273. The van der Waals surface area contributed by atoms with Crippen molar-refractivity contribution in [3.63, 3.8) is 0 Å². The van der Waals surface area contributed by atoms with Crippen LogP contribution in [0.2, 0.25) is 0 Å². The summed E-state index contributed by atoms with van der Waals surface area (Å²) in [6.45, 7) is 6.54. The van der Waals surface area contributed by atoms with E-state index in [-0.39, 0.29) is 5.91 Å². The summed E-state index contributed by atoms with van der Waals surface area (Å²) in [7, 11) is 0. The highest BCUT2D eigenvalue weighted by molar-refractivity contribution is 6.08. The Bertz CT molecular complexity index is 994. The van der Waals surface area contributed by atoms with Crippen LogP contribution in [-0.4, -0.2) is 42.1 Å². The molecular weight excluding hydrogens is 338 g/mol. The van der Waals surface area contributed by atoms with E-state index in [9.17, 15) is 4.79 Å². The standard InChI is InChI=1S/C22H23N3O2/c1-15-7-8-17(13-16(15)2)24-21-18-5-3-4-6-20(18)23-14-19(21)22(26)25-9-11-27-12-10-25/h3-8,13-14H,9-12H2,1-2H3,(H,23,24). The van der Waals surface area contributed by atoms with E-state index in [1.165, 1.54) is 11.1 Å². The van der Waals surface area contributed by atoms with Crippen molar-refractivity contribution in [1.29, 1.82) is 0 Å². The van der Waals surface area contributed by atoms with Crippen LogP contribution in [0.25, 0.3) is 10.9 Å². The number of pyridine rings is 1. The lowest BCUT2D eigenvalue weighted by Gasteiger charge is -2.28. The van der Waals surface area contributed by atoms with E-state index >= 15 is 0 Å². The van der Waals surface area contributed by atoms with E-state index in [2.05, 4.69) is 36.3 Å². The number of aromatic nitrogens is 1. The van der Waals surface area contributed by atoms with Crippen LogP contribution in [0.5, 0.6) is 0 Å². The summed E-state index contributed by atoms with van der Waals surface area (Å²) in [5.74, 6) is -0.0112. The van der Waals surface area contributed by atoms with Crippen LogP contribution in [0, 0.1) is 13.8 Å². The number of hydrogen-bond acceptors (Lipinski definition) is 4. The minimum atomic E-state index is -0.0112. The van der Waals surface area contributed by atoms with Gasteiger partial charge in [0.05, 0.1) is 30.0 Å². The molecule has 0 aliphatic carbocycles. The lowest BCUT2D eigenvalue weighted by atomic mass is 10.1. The monoisotopic (exact) mass is 361 g/mol. The number of para-hydroxylation sites is 1. The topological polar surface area (TPSA) is 54.5 Å². The van der Waals surface area contributed by atoms with Crippen molar-refractivity contribution in [3.8, 4) is 0 Å². The molecule has 2 aromatic carbocycles. The number of rotatable bonds is 3. The molecule has 1 amide bonds. The average molecular weight is 361 g/mol. The molecule has 0 bridgehead atoms. The van der Waals surface area contributed by atoms with Crippen LogP contribution in [0.3, 0.4) is 0 Å². The van der Waals surface area contributed by atoms with Gasteiger partial charge in [-0.3, -0.25) is 9.78 Å². The number of fused-ring (bicyclic) bond motifs is 1. The van der Waals surface area contributed by atoms with Gasteiger partial charge in [-0.05, 0) is 43.2 Å². The van der Waals surface area contributed by atoms with Gasteiger partial charge < -0.3 is 15.0 Å². The van der Waals surface area contributed by atoms with Gasteiger partial charge in [-0.25, -0.2) is 0 Å². The predicted molar refractivity (Wildman–Crippen MR) is 108 cm³/mol. The zero-order valence-electron chi connectivity index (χ0n) is 15.7. The van der Waals surface area contributed by atoms with E-state index in [0.29, 0.717) is 31.9 Å². The average Bonchev–Trinajstić information content (AvgIpc) is 2.71. The van der Waals surface area contributed by atoms with E-state index in [0.717, 1.165) is 22.3 Å². The highest BCUT2D eigenvalue weighted by Gasteiger charge is 2.23. The molecule has 5 nitrogen and oxygen atoms in total. The van der Waals surface area contributed by atoms with Crippen molar-refractivity contribution >= 4 is 28.2 Å². The first-order valence-corrected chi connectivity index (χ1v) is 9.22. The molecular formula is C22H23N3O2. The number of carbonyl (C=O) groups is 1. The summed E-state index contributed by atoms with van der Waals surface area (Å²) >= 11 is 0. The number of benzene rings is 2. The van der Waals surface area contributed by atoms with Crippen molar-refractivity contribution in [2.75, 3.05) is 31.6 Å². The first-order chi connectivity index (χ1) is 13.1. The molecule has 3 aromatic rings. The first kappa shape index (κ1) is 17.5. The first-order valence-electron chi connectivity index (χ1n) is 9.22. The van der Waals surface area contributed by atoms with E-state index in [4.69, 9.17) is 4.74 Å². The fourth-order valence-electron chi connectivity index (χ4n) is 3.34. The Morgan fingerprint density at radius 3 is 2.63 bits per heavy atom. The Hall–Kier alpha value is -2.92. The summed E-state index contributed by atoms with van der Waals surface area (Å²) < 4.78 is 5.38. The Balaban J connectivity index is 1.79. The van der Waals surface area contributed by atoms with Gasteiger partial charge in [0.25, 0.3) is 5.91 Å². The minimum absolute atomic E-state index is 0.0112. The van der Waals surface area contributed by atoms with Gasteiger partial charge in [0.1, 0.15) is 0 Å². The molecule has 1 N–H and O–H groups in total. The smallest absolute Gasteiger partial charge is 0.257 e. The molecule has 27 heavy (non-hydrogen) atoms. The van der Waals surface area contributed by atoms with Gasteiger partial charge in [-0.2, -0.15) is 0 Å². The van der Waals surface area contributed by atoms with Crippen LogP contribution >= 0.6 is 0 Å². The maximum absolute atomic E-state index is 13.2. The molecule has 1 aliphatic rings. The third kappa shape index (κ3) is 3.51. The second-order valence-corrected chi connectivity index (χ2v) is 6.89. The van der Waals surface area contributed by atoms with Gasteiger partial charge in [0.2, 0.25) is 0 Å². The van der Waals surface area contributed by atoms with Crippen LogP contribution < -0.4 is 5.32 Å².